The van der Waals surface area contributed by atoms with E-state index < -0.39 is 11.5 Å². The lowest BCUT2D eigenvalue weighted by atomic mass is 9.99. The van der Waals surface area contributed by atoms with Gasteiger partial charge in [-0.15, -0.1) is 0 Å². The van der Waals surface area contributed by atoms with Crippen LogP contribution in [0.1, 0.15) is 19.8 Å². The molecule has 1 heterocycles. The molecule has 1 amide bonds. The number of rotatable bonds is 4. The van der Waals surface area contributed by atoms with Crippen molar-refractivity contribution in [2.24, 2.45) is 0 Å². The number of likely N-dealkylation sites (tertiary alicyclic amines) is 1. The monoisotopic (exact) mass is 340 g/mol. The Labute approximate surface area is 126 Å². The van der Waals surface area contributed by atoms with Gasteiger partial charge in [0.1, 0.15) is 5.54 Å². The van der Waals surface area contributed by atoms with Gasteiger partial charge in [0, 0.05) is 10.2 Å². The van der Waals surface area contributed by atoms with E-state index in [4.69, 9.17) is 0 Å². The van der Waals surface area contributed by atoms with Crippen molar-refractivity contribution in [3.63, 3.8) is 0 Å². The van der Waals surface area contributed by atoms with Crippen LogP contribution in [0.4, 0.5) is 5.69 Å². The van der Waals surface area contributed by atoms with Gasteiger partial charge in [-0.25, -0.2) is 0 Å². The van der Waals surface area contributed by atoms with Gasteiger partial charge in [0.05, 0.1) is 6.54 Å². The molecule has 1 saturated heterocycles. The van der Waals surface area contributed by atoms with E-state index in [1.54, 1.807) is 24.0 Å². The average Bonchev–Trinajstić information content (AvgIpc) is 2.72. The zero-order chi connectivity index (χ0) is 14.8. The van der Waals surface area contributed by atoms with Crippen LogP contribution in [-0.4, -0.2) is 40.5 Å². The number of benzene rings is 1. The fourth-order valence-electron chi connectivity index (χ4n) is 2.45. The summed E-state index contributed by atoms with van der Waals surface area (Å²) in [6, 6.07) is 7.30. The highest BCUT2D eigenvalue weighted by molar-refractivity contribution is 9.10. The summed E-state index contributed by atoms with van der Waals surface area (Å²) in [6.45, 7) is 2.40. The Balaban J connectivity index is 2.00. The molecule has 1 aromatic carbocycles. The number of hydrogen-bond donors (Lipinski definition) is 2. The quantitative estimate of drug-likeness (QED) is 0.882. The minimum absolute atomic E-state index is 0.0926. The number of hydrogen-bond acceptors (Lipinski definition) is 3. The van der Waals surface area contributed by atoms with Crippen molar-refractivity contribution < 1.29 is 14.7 Å². The molecular formula is C14H17BrN2O3. The molecule has 20 heavy (non-hydrogen) atoms. The van der Waals surface area contributed by atoms with Crippen LogP contribution in [0, 0.1) is 0 Å². The van der Waals surface area contributed by atoms with Crippen molar-refractivity contribution in [2.75, 3.05) is 18.4 Å². The normalized spacial score (nSPS) is 22.7. The Hall–Kier alpha value is -1.40. The molecule has 2 rings (SSSR count). The van der Waals surface area contributed by atoms with Crippen molar-refractivity contribution in [1.82, 2.24) is 4.90 Å². The number of nitrogens with zero attached hydrogens (tertiary/aromatic N) is 1. The number of carboxylic acids is 1. The molecule has 0 saturated carbocycles. The van der Waals surface area contributed by atoms with E-state index in [0.717, 1.165) is 10.9 Å². The van der Waals surface area contributed by atoms with Crippen LogP contribution in [0.25, 0.3) is 0 Å². The molecule has 1 atom stereocenters. The van der Waals surface area contributed by atoms with Gasteiger partial charge in [-0.2, -0.15) is 0 Å². The zero-order valence-corrected chi connectivity index (χ0v) is 12.8. The Morgan fingerprint density at radius 1 is 1.50 bits per heavy atom. The highest BCUT2D eigenvalue weighted by Gasteiger charge is 2.43. The average molecular weight is 341 g/mol. The number of carbonyl (C=O) groups is 2. The Morgan fingerprint density at radius 3 is 2.90 bits per heavy atom. The first kappa shape index (κ1) is 15.0. The van der Waals surface area contributed by atoms with Crippen LogP contribution in [0.3, 0.4) is 0 Å². The summed E-state index contributed by atoms with van der Waals surface area (Å²) in [5, 5.41) is 12.1. The van der Waals surface area contributed by atoms with Gasteiger partial charge < -0.3 is 10.4 Å². The second kappa shape index (κ2) is 5.93. The summed E-state index contributed by atoms with van der Waals surface area (Å²) in [4.78, 5) is 25.1. The Kier molecular flexibility index (Phi) is 4.45. The molecule has 1 aliphatic rings. The third-order valence-corrected chi connectivity index (χ3v) is 4.19. The molecule has 108 valence electrons. The maximum Gasteiger partial charge on any atom is 0.323 e. The summed E-state index contributed by atoms with van der Waals surface area (Å²) in [6.07, 6.45) is 1.37. The lowest BCUT2D eigenvalue weighted by molar-refractivity contribution is -0.149. The van der Waals surface area contributed by atoms with Gasteiger partial charge in [0.25, 0.3) is 0 Å². The Morgan fingerprint density at radius 2 is 2.25 bits per heavy atom. The van der Waals surface area contributed by atoms with Crippen molar-refractivity contribution in [3.05, 3.63) is 28.7 Å². The molecule has 0 spiro atoms. The summed E-state index contributed by atoms with van der Waals surface area (Å²) < 4.78 is 0.881. The maximum atomic E-state index is 12.0. The van der Waals surface area contributed by atoms with Gasteiger partial charge >= 0.3 is 5.97 Å². The number of anilines is 1. The molecule has 1 unspecified atom stereocenters. The van der Waals surface area contributed by atoms with Gasteiger partial charge in [0.15, 0.2) is 0 Å². The molecule has 6 heteroatoms. The lowest BCUT2D eigenvalue weighted by Gasteiger charge is -2.30. The van der Waals surface area contributed by atoms with E-state index in [1.807, 2.05) is 12.1 Å². The van der Waals surface area contributed by atoms with E-state index in [2.05, 4.69) is 21.2 Å². The third kappa shape index (κ3) is 3.19. The topological polar surface area (TPSA) is 69.6 Å². The largest absolute Gasteiger partial charge is 0.480 e. The second-order valence-electron chi connectivity index (χ2n) is 5.16. The molecule has 1 fully saturated rings. The van der Waals surface area contributed by atoms with Crippen LogP contribution in [-0.2, 0) is 9.59 Å². The summed E-state index contributed by atoms with van der Waals surface area (Å²) in [5.41, 5.74) is -0.241. The summed E-state index contributed by atoms with van der Waals surface area (Å²) in [7, 11) is 0. The number of halogens is 1. The van der Waals surface area contributed by atoms with E-state index in [0.29, 0.717) is 18.7 Å². The van der Waals surface area contributed by atoms with Gasteiger partial charge in [0.2, 0.25) is 5.91 Å². The molecular weight excluding hydrogens is 324 g/mol. The van der Waals surface area contributed by atoms with Gasteiger partial charge in [-0.3, -0.25) is 14.5 Å². The van der Waals surface area contributed by atoms with Crippen molar-refractivity contribution in [1.29, 1.82) is 0 Å². The molecule has 0 radical (unpaired) electrons. The number of amides is 1. The highest BCUT2D eigenvalue weighted by atomic mass is 79.9. The van der Waals surface area contributed by atoms with Crippen LogP contribution in [0.2, 0.25) is 0 Å². The van der Waals surface area contributed by atoms with E-state index in [-0.39, 0.29) is 12.5 Å². The smallest absolute Gasteiger partial charge is 0.323 e. The number of nitrogens with one attached hydrogen (secondary N) is 1. The first-order chi connectivity index (χ1) is 9.41. The van der Waals surface area contributed by atoms with Crippen LogP contribution in [0.15, 0.2) is 28.7 Å². The van der Waals surface area contributed by atoms with Crippen molar-refractivity contribution >= 4 is 33.5 Å². The fourth-order valence-corrected chi connectivity index (χ4v) is 2.85. The van der Waals surface area contributed by atoms with E-state index in [1.165, 1.54) is 0 Å². The Bertz CT molecular complexity index is 535. The fraction of sp³-hybridized carbons (Fsp3) is 0.429. The first-order valence-corrected chi connectivity index (χ1v) is 7.25. The minimum Gasteiger partial charge on any atom is -0.480 e. The van der Waals surface area contributed by atoms with E-state index >= 15 is 0 Å². The molecule has 2 N–H and O–H groups in total. The van der Waals surface area contributed by atoms with Gasteiger partial charge in [-0.05, 0) is 44.5 Å². The lowest BCUT2D eigenvalue weighted by Crippen LogP contribution is -2.50. The van der Waals surface area contributed by atoms with Crippen LogP contribution in [0.5, 0.6) is 0 Å². The van der Waals surface area contributed by atoms with Gasteiger partial charge in [-0.1, -0.05) is 22.0 Å². The van der Waals surface area contributed by atoms with Crippen LogP contribution >= 0.6 is 15.9 Å². The molecule has 5 nitrogen and oxygen atoms in total. The molecule has 0 aliphatic carbocycles. The second-order valence-corrected chi connectivity index (χ2v) is 6.08. The maximum absolute atomic E-state index is 12.0. The molecule has 1 aliphatic heterocycles. The summed E-state index contributed by atoms with van der Waals surface area (Å²) in [5.74, 6) is -1.07. The predicted octanol–water partition coefficient (Wildman–Crippen LogP) is 2.33. The van der Waals surface area contributed by atoms with Crippen molar-refractivity contribution in [3.8, 4) is 0 Å². The SMILES string of the molecule is CC1(C(=O)O)CCCN1CC(=O)Nc1cccc(Br)c1. The third-order valence-electron chi connectivity index (χ3n) is 3.69. The first-order valence-electron chi connectivity index (χ1n) is 6.46. The molecule has 1 aromatic rings. The highest BCUT2D eigenvalue weighted by Crippen LogP contribution is 2.28. The molecule has 0 bridgehead atoms. The minimum atomic E-state index is -0.936. The van der Waals surface area contributed by atoms with Crippen LogP contribution < -0.4 is 5.32 Å². The zero-order valence-electron chi connectivity index (χ0n) is 11.2. The number of carbonyl (C=O) groups excluding carboxylic acids is 1. The number of carboxylic acid groups (broad SMARTS) is 1. The van der Waals surface area contributed by atoms with Crippen molar-refractivity contribution in [2.45, 2.75) is 25.3 Å². The van der Waals surface area contributed by atoms with E-state index in [9.17, 15) is 14.7 Å². The molecule has 0 aromatic heterocycles. The summed E-state index contributed by atoms with van der Waals surface area (Å²) >= 11 is 3.34. The standard InChI is InChI=1S/C14H17BrN2O3/c1-14(13(19)20)6-3-7-17(14)9-12(18)16-11-5-2-4-10(15)8-11/h2,4-5,8H,3,6-7,9H2,1H3,(H,16,18)(H,19,20). The predicted molar refractivity (Wildman–Crippen MR) is 79.6 cm³/mol. The number of aliphatic carboxylic acids is 1.